The van der Waals surface area contributed by atoms with E-state index < -0.39 is 11.7 Å². The standard InChI is InChI=1S/C21H18ClF2N3O2/c1-12-6-7-16(23)13(10-12)11-27-21(29-2)14-8-9-26(20(28)19(14)25-27)17-5-3-4-15(22)18(17)24/h3-7,10H,8-9,11H2,1-2H3. The van der Waals surface area contributed by atoms with Crippen molar-refractivity contribution in [3.05, 3.63) is 75.4 Å². The summed E-state index contributed by atoms with van der Waals surface area (Å²) in [6, 6.07) is 9.32. The highest BCUT2D eigenvalue weighted by Gasteiger charge is 2.34. The van der Waals surface area contributed by atoms with Crippen molar-refractivity contribution in [3.8, 4) is 5.88 Å². The molecule has 0 N–H and O–H groups in total. The Morgan fingerprint density at radius 3 is 2.79 bits per heavy atom. The Hall–Kier alpha value is -2.93. The quantitative estimate of drug-likeness (QED) is 0.632. The van der Waals surface area contributed by atoms with E-state index in [4.69, 9.17) is 16.3 Å². The molecule has 1 aliphatic heterocycles. The number of halogens is 3. The first-order valence-electron chi connectivity index (χ1n) is 9.05. The lowest BCUT2D eigenvalue weighted by Crippen LogP contribution is -2.38. The van der Waals surface area contributed by atoms with Crippen LogP contribution in [0.3, 0.4) is 0 Å². The van der Waals surface area contributed by atoms with Crippen molar-refractivity contribution in [3.63, 3.8) is 0 Å². The third-order valence-corrected chi connectivity index (χ3v) is 5.26. The van der Waals surface area contributed by atoms with Gasteiger partial charge >= 0.3 is 0 Å². The zero-order valence-corrected chi connectivity index (χ0v) is 16.6. The minimum Gasteiger partial charge on any atom is -0.481 e. The van der Waals surface area contributed by atoms with Crippen LogP contribution in [0.4, 0.5) is 14.5 Å². The second-order valence-corrected chi connectivity index (χ2v) is 7.28. The molecule has 1 aromatic heterocycles. The zero-order chi connectivity index (χ0) is 20.7. The number of carbonyl (C=O) groups excluding carboxylic acids is 1. The van der Waals surface area contributed by atoms with E-state index in [0.29, 0.717) is 23.4 Å². The number of ether oxygens (including phenoxy) is 1. The molecule has 0 bridgehead atoms. The van der Waals surface area contributed by atoms with Gasteiger partial charge in [-0.15, -0.1) is 0 Å². The first-order valence-corrected chi connectivity index (χ1v) is 9.43. The SMILES string of the molecule is COc1c2c(nn1Cc1cc(C)ccc1F)C(=O)N(c1cccc(Cl)c1F)CC2. The third kappa shape index (κ3) is 3.35. The summed E-state index contributed by atoms with van der Waals surface area (Å²) < 4.78 is 35.6. The lowest BCUT2D eigenvalue weighted by molar-refractivity contribution is 0.0974. The van der Waals surface area contributed by atoms with E-state index in [1.807, 2.05) is 6.92 Å². The first kappa shape index (κ1) is 19.4. The Bertz CT molecular complexity index is 1110. The van der Waals surface area contributed by atoms with Gasteiger partial charge in [-0.05, 0) is 31.5 Å². The lowest BCUT2D eigenvalue weighted by atomic mass is 10.1. The van der Waals surface area contributed by atoms with Crippen LogP contribution in [-0.2, 0) is 13.0 Å². The highest BCUT2D eigenvalue weighted by molar-refractivity contribution is 6.31. The van der Waals surface area contributed by atoms with E-state index in [1.165, 1.54) is 34.9 Å². The molecule has 0 radical (unpaired) electrons. The molecule has 0 fully saturated rings. The molecule has 8 heteroatoms. The van der Waals surface area contributed by atoms with Crippen LogP contribution < -0.4 is 9.64 Å². The highest BCUT2D eigenvalue weighted by atomic mass is 35.5. The fraction of sp³-hybridized carbons (Fsp3) is 0.238. The van der Waals surface area contributed by atoms with Crippen LogP contribution in [0.15, 0.2) is 36.4 Å². The normalized spacial score (nSPS) is 13.6. The lowest BCUT2D eigenvalue weighted by Gasteiger charge is -2.26. The molecule has 3 aromatic rings. The number of hydrogen-bond donors (Lipinski definition) is 0. The molecule has 29 heavy (non-hydrogen) atoms. The third-order valence-electron chi connectivity index (χ3n) is 4.97. The van der Waals surface area contributed by atoms with Gasteiger partial charge in [0.1, 0.15) is 5.82 Å². The molecule has 2 heterocycles. The predicted molar refractivity (Wildman–Crippen MR) is 106 cm³/mol. The van der Waals surface area contributed by atoms with Crippen molar-refractivity contribution in [1.82, 2.24) is 9.78 Å². The van der Waals surface area contributed by atoms with E-state index in [-0.39, 0.29) is 35.3 Å². The van der Waals surface area contributed by atoms with Gasteiger partial charge in [0.25, 0.3) is 5.91 Å². The molecule has 0 aliphatic carbocycles. The number of amides is 1. The molecule has 5 nitrogen and oxygen atoms in total. The summed E-state index contributed by atoms with van der Waals surface area (Å²) in [6.07, 6.45) is 0.423. The fourth-order valence-corrected chi connectivity index (χ4v) is 3.76. The maximum absolute atomic E-state index is 14.4. The van der Waals surface area contributed by atoms with Crippen molar-refractivity contribution in [1.29, 1.82) is 0 Å². The fourth-order valence-electron chi connectivity index (χ4n) is 3.59. The van der Waals surface area contributed by atoms with Gasteiger partial charge in [-0.3, -0.25) is 4.79 Å². The Morgan fingerprint density at radius 2 is 2.03 bits per heavy atom. The molecule has 0 spiro atoms. The maximum Gasteiger partial charge on any atom is 0.279 e. The van der Waals surface area contributed by atoms with Gasteiger partial charge < -0.3 is 9.64 Å². The molecular formula is C21H18ClF2N3O2. The smallest absolute Gasteiger partial charge is 0.279 e. The summed E-state index contributed by atoms with van der Waals surface area (Å²) >= 11 is 5.86. The highest BCUT2D eigenvalue weighted by Crippen LogP contribution is 2.33. The minimum atomic E-state index is -0.654. The average molecular weight is 418 g/mol. The molecule has 4 rings (SSSR count). The first-order chi connectivity index (χ1) is 13.9. The Morgan fingerprint density at radius 1 is 1.24 bits per heavy atom. The number of fused-ring (bicyclic) bond motifs is 1. The molecule has 0 saturated carbocycles. The molecule has 2 aromatic carbocycles. The van der Waals surface area contributed by atoms with Gasteiger partial charge in [-0.1, -0.05) is 35.4 Å². The number of aryl methyl sites for hydroxylation is 1. The van der Waals surface area contributed by atoms with Crippen molar-refractivity contribution < 1.29 is 18.3 Å². The van der Waals surface area contributed by atoms with Crippen LogP contribution in [0, 0.1) is 18.6 Å². The van der Waals surface area contributed by atoms with Crippen LogP contribution in [-0.4, -0.2) is 29.3 Å². The van der Waals surface area contributed by atoms with E-state index in [1.54, 1.807) is 18.2 Å². The van der Waals surface area contributed by atoms with Gasteiger partial charge in [-0.25, -0.2) is 13.5 Å². The molecule has 0 atom stereocenters. The summed E-state index contributed by atoms with van der Waals surface area (Å²) in [6.45, 7) is 2.24. The topological polar surface area (TPSA) is 47.4 Å². The number of aromatic nitrogens is 2. The van der Waals surface area contributed by atoms with Gasteiger partial charge in [0.2, 0.25) is 5.88 Å². The summed E-state index contributed by atoms with van der Waals surface area (Å²) in [5.74, 6) is -1.06. The van der Waals surface area contributed by atoms with E-state index in [2.05, 4.69) is 5.10 Å². The van der Waals surface area contributed by atoms with Crippen molar-refractivity contribution in [2.45, 2.75) is 19.9 Å². The Kier molecular flexibility index (Phi) is 5.00. The molecular weight excluding hydrogens is 400 g/mol. The number of methoxy groups -OCH3 is 1. The van der Waals surface area contributed by atoms with Crippen LogP contribution in [0.1, 0.15) is 27.2 Å². The number of nitrogens with zero attached hydrogens (tertiary/aromatic N) is 3. The van der Waals surface area contributed by atoms with E-state index in [9.17, 15) is 13.6 Å². The number of rotatable bonds is 4. The van der Waals surface area contributed by atoms with Crippen molar-refractivity contribution in [2.24, 2.45) is 0 Å². The minimum absolute atomic E-state index is 0.0564. The number of anilines is 1. The second-order valence-electron chi connectivity index (χ2n) is 6.87. The molecule has 150 valence electrons. The van der Waals surface area contributed by atoms with Crippen LogP contribution in [0.25, 0.3) is 0 Å². The maximum atomic E-state index is 14.4. The Balaban J connectivity index is 1.73. The van der Waals surface area contributed by atoms with Crippen molar-refractivity contribution >= 4 is 23.2 Å². The molecule has 0 unspecified atom stereocenters. The summed E-state index contributed by atoms with van der Waals surface area (Å²) in [7, 11) is 1.48. The van der Waals surface area contributed by atoms with Crippen LogP contribution in [0.5, 0.6) is 5.88 Å². The zero-order valence-electron chi connectivity index (χ0n) is 15.9. The monoisotopic (exact) mass is 417 g/mol. The molecule has 0 saturated heterocycles. The van der Waals surface area contributed by atoms with E-state index in [0.717, 1.165) is 5.56 Å². The van der Waals surface area contributed by atoms with Gasteiger partial charge in [0.05, 0.1) is 24.4 Å². The molecule has 1 aliphatic rings. The predicted octanol–water partition coefficient (Wildman–Crippen LogP) is 4.38. The largest absolute Gasteiger partial charge is 0.481 e. The summed E-state index contributed by atoms with van der Waals surface area (Å²) in [4.78, 5) is 14.4. The van der Waals surface area contributed by atoms with Gasteiger partial charge in [-0.2, -0.15) is 5.10 Å². The number of carbonyl (C=O) groups is 1. The van der Waals surface area contributed by atoms with Crippen LogP contribution in [0.2, 0.25) is 5.02 Å². The number of benzene rings is 2. The Labute approximate surface area is 171 Å². The molecule has 1 amide bonds. The van der Waals surface area contributed by atoms with Gasteiger partial charge in [0.15, 0.2) is 11.5 Å². The average Bonchev–Trinajstić information content (AvgIpc) is 3.05. The number of hydrogen-bond acceptors (Lipinski definition) is 3. The van der Waals surface area contributed by atoms with Crippen LogP contribution >= 0.6 is 11.6 Å². The van der Waals surface area contributed by atoms with Gasteiger partial charge in [0, 0.05) is 17.7 Å². The van der Waals surface area contributed by atoms with E-state index >= 15 is 0 Å². The van der Waals surface area contributed by atoms with Crippen molar-refractivity contribution in [2.75, 3.05) is 18.6 Å². The summed E-state index contributed by atoms with van der Waals surface area (Å²) in [5, 5.41) is 4.32. The summed E-state index contributed by atoms with van der Waals surface area (Å²) in [5.41, 5.74) is 2.25. The second kappa shape index (κ2) is 7.48.